The minimum absolute atomic E-state index is 0.0174. The van der Waals surface area contributed by atoms with Crippen LogP contribution in [0.4, 0.5) is 10.3 Å². The molecule has 1 aromatic carbocycles. The Balaban J connectivity index is 0.000000289. The number of nitrogens with two attached hydrogens (primary N) is 1. The zero-order chi connectivity index (χ0) is 27.7. The number of aromatic nitrogens is 2. The molecule has 4 rings (SSSR count). The number of halogens is 2. The first-order valence-electron chi connectivity index (χ1n) is 11.8. The van der Waals surface area contributed by atoms with Gasteiger partial charge in [0, 0.05) is 37.2 Å². The van der Waals surface area contributed by atoms with Crippen molar-refractivity contribution in [1.82, 2.24) is 19.2 Å². The Labute approximate surface area is 221 Å². The van der Waals surface area contributed by atoms with Gasteiger partial charge < -0.3 is 20.8 Å². The van der Waals surface area contributed by atoms with Gasteiger partial charge in [-0.25, -0.2) is 22.8 Å². The summed E-state index contributed by atoms with van der Waals surface area (Å²) in [5.41, 5.74) is 6.45. The number of nitrogens with zero attached hydrogens (tertiary/aromatic N) is 4. The molecule has 0 spiro atoms. The van der Waals surface area contributed by atoms with Crippen molar-refractivity contribution in [2.75, 3.05) is 38.2 Å². The van der Waals surface area contributed by atoms with Gasteiger partial charge in [-0.05, 0) is 37.5 Å². The van der Waals surface area contributed by atoms with Gasteiger partial charge >= 0.3 is 0 Å². The molecule has 0 radical (unpaired) electrons. The molecule has 1 amide bonds. The van der Waals surface area contributed by atoms with Crippen LogP contribution in [0.15, 0.2) is 18.3 Å². The van der Waals surface area contributed by atoms with Gasteiger partial charge in [0.15, 0.2) is 0 Å². The third kappa shape index (κ3) is 6.94. The van der Waals surface area contributed by atoms with Gasteiger partial charge in [0.2, 0.25) is 16.0 Å². The molecule has 4 N–H and O–H groups in total. The molecule has 1 fully saturated rings. The Morgan fingerprint density at radius 3 is 2.59 bits per heavy atom. The largest absolute Gasteiger partial charge is 0.392 e. The Bertz CT molecular complexity index is 1270. The van der Waals surface area contributed by atoms with Crippen LogP contribution in [0.1, 0.15) is 49.5 Å². The Kier molecular flexibility index (Phi) is 8.80. The fourth-order valence-corrected chi connectivity index (χ4v) is 5.66. The summed E-state index contributed by atoms with van der Waals surface area (Å²) < 4.78 is 38.1. The molecule has 3 heterocycles. The van der Waals surface area contributed by atoms with E-state index in [0.29, 0.717) is 36.3 Å². The Morgan fingerprint density at radius 1 is 1.35 bits per heavy atom. The topological polar surface area (TPSA) is 150 Å². The molecule has 204 valence electrons. The number of anilines is 1. The molecular weight excluding hydrogens is 525 g/mol. The summed E-state index contributed by atoms with van der Waals surface area (Å²) in [6.07, 6.45) is 2.84. The van der Waals surface area contributed by atoms with E-state index in [-0.39, 0.29) is 29.6 Å². The number of hydrogen-bond donors (Lipinski definition) is 3. The lowest BCUT2D eigenvalue weighted by atomic mass is 9.77. The van der Waals surface area contributed by atoms with E-state index in [1.807, 2.05) is 13.8 Å². The molecule has 1 saturated heterocycles. The molecule has 10 nitrogen and oxygen atoms in total. The van der Waals surface area contributed by atoms with Gasteiger partial charge in [-0.3, -0.25) is 4.79 Å². The van der Waals surface area contributed by atoms with Crippen LogP contribution < -0.4 is 5.73 Å². The van der Waals surface area contributed by atoms with Crippen molar-refractivity contribution >= 4 is 33.5 Å². The number of benzene rings is 1. The van der Waals surface area contributed by atoms with E-state index in [1.165, 1.54) is 27.7 Å². The normalized spacial score (nSPS) is 20.6. The molecule has 0 saturated carbocycles. The predicted molar refractivity (Wildman–Crippen MR) is 139 cm³/mol. The molecule has 0 bridgehead atoms. The second-order valence-corrected chi connectivity index (χ2v) is 12.5. The highest BCUT2D eigenvalue weighted by atomic mass is 35.5. The number of sulfonamides is 1. The highest BCUT2D eigenvalue weighted by Crippen LogP contribution is 2.38. The van der Waals surface area contributed by atoms with Gasteiger partial charge in [0.1, 0.15) is 5.82 Å². The quantitative estimate of drug-likeness (QED) is 0.517. The first-order chi connectivity index (χ1) is 17.1. The summed E-state index contributed by atoms with van der Waals surface area (Å²) in [5, 5.41) is 19.0. The molecule has 0 aliphatic carbocycles. The molecule has 37 heavy (non-hydrogen) atoms. The van der Waals surface area contributed by atoms with E-state index >= 15 is 0 Å². The molecule has 1 aromatic heterocycles. The van der Waals surface area contributed by atoms with Crippen molar-refractivity contribution in [3.63, 3.8) is 0 Å². The molecule has 2 aliphatic heterocycles. The Hall–Kier alpha value is -2.38. The highest BCUT2D eigenvalue weighted by molar-refractivity contribution is 7.88. The van der Waals surface area contributed by atoms with Crippen LogP contribution in [0.2, 0.25) is 5.02 Å². The van der Waals surface area contributed by atoms with Gasteiger partial charge in [0.05, 0.1) is 40.9 Å². The zero-order valence-corrected chi connectivity index (χ0v) is 22.9. The lowest BCUT2D eigenvalue weighted by Gasteiger charge is -2.40. The predicted octanol–water partition coefficient (Wildman–Crippen LogP) is 2.04. The Morgan fingerprint density at radius 2 is 2.03 bits per heavy atom. The van der Waals surface area contributed by atoms with Crippen molar-refractivity contribution < 1.29 is 27.8 Å². The lowest BCUT2D eigenvalue weighted by molar-refractivity contribution is 0.0560. The number of β-amino-alcohol motifs (C(OH)–C–C–N with tert-alkyl or cyclic N) is 2. The molecule has 2 aliphatic rings. The van der Waals surface area contributed by atoms with E-state index in [1.54, 1.807) is 13.0 Å². The number of carbonyl (C=O) groups is 1. The first-order valence-corrected chi connectivity index (χ1v) is 14.1. The van der Waals surface area contributed by atoms with Crippen LogP contribution in [-0.4, -0.2) is 88.4 Å². The summed E-state index contributed by atoms with van der Waals surface area (Å²) in [4.78, 5) is 22.1. The molecule has 13 heteroatoms. The fraction of sp³-hybridized carbons (Fsp3) is 0.542. The van der Waals surface area contributed by atoms with Gasteiger partial charge in [-0.1, -0.05) is 25.4 Å². The molecule has 2 aromatic rings. The number of aliphatic hydroxyl groups is 2. The van der Waals surface area contributed by atoms with E-state index in [9.17, 15) is 22.7 Å². The zero-order valence-electron chi connectivity index (χ0n) is 21.3. The lowest BCUT2D eigenvalue weighted by Crippen LogP contribution is -2.49. The van der Waals surface area contributed by atoms with Gasteiger partial charge in [-0.2, -0.15) is 4.31 Å². The van der Waals surface area contributed by atoms with Crippen LogP contribution in [0.25, 0.3) is 11.3 Å². The molecule has 1 unspecified atom stereocenters. The van der Waals surface area contributed by atoms with Crippen molar-refractivity contribution in [2.24, 2.45) is 0 Å². The SMILES string of the molecule is CS(=O)(=O)N1CCCC(O)C1.C[C@H](O)CN1CC(C)(C)c2cc(-c3nc(N)ncc3Cl)cc(F)c2C1=O. The summed E-state index contributed by atoms with van der Waals surface area (Å²) in [6.45, 7) is 6.77. The van der Waals surface area contributed by atoms with Crippen molar-refractivity contribution in [3.8, 4) is 11.3 Å². The van der Waals surface area contributed by atoms with Crippen LogP contribution in [0.3, 0.4) is 0 Å². The summed E-state index contributed by atoms with van der Waals surface area (Å²) in [7, 11) is -3.09. The van der Waals surface area contributed by atoms with Crippen molar-refractivity contribution in [2.45, 2.75) is 51.2 Å². The monoisotopic (exact) mass is 557 g/mol. The maximum atomic E-state index is 14.9. The average molecular weight is 558 g/mol. The number of carbonyl (C=O) groups excluding carboxylic acids is 1. The van der Waals surface area contributed by atoms with Gasteiger partial charge in [-0.15, -0.1) is 0 Å². The third-order valence-corrected chi connectivity index (χ3v) is 7.80. The van der Waals surface area contributed by atoms with Crippen molar-refractivity contribution in [3.05, 3.63) is 40.3 Å². The van der Waals surface area contributed by atoms with Crippen LogP contribution in [0.5, 0.6) is 0 Å². The van der Waals surface area contributed by atoms with E-state index in [2.05, 4.69) is 9.97 Å². The van der Waals surface area contributed by atoms with Gasteiger partial charge in [0.25, 0.3) is 5.91 Å². The van der Waals surface area contributed by atoms with Crippen molar-refractivity contribution in [1.29, 1.82) is 0 Å². The van der Waals surface area contributed by atoms with Crippen LogP contribution in [0, 0.1) is 5.82 Å². The third-order valence-electron chi connectivity index (χ3n) is 6.26. The number of rotatable bonds is 4. The maximum Gasteiger partial charge on any atom is 0.257 e. The summed E-state index contributed by atoms with van der Waals surface area (Å²) in [6, 6.07) is 2.95. The van der Waals surface area contributed by atoms with E-state index in [0.717, 1.165) is 6.42 Å². The second-order valence-electron chi connectivity index (χ2n) is 10.1. The second kappa shape index (κ2) is 11.2. The number of fused-ring (bicyclic) bond motifs is 1. The summed E-state index contributed by atoms with van der Waals surface area (Å²) >= 11 is 6.14. The van der Waals surface area contributed by atoms with E-state index < -0.39 is 39.4 Å². The fourth-order valence-electron chi connectivity index (χ4n) is 4.56. The summed E-state index contributed by atoms with van der Waals surface area (Å²) in [5.74, 6) is -1.06. The minimum atomic E-state index is -3.09. The number of piperidine rings is 1. The van der Waals surface area contributed by atoms with E-state index in [4.69, 9.17) is 22.4 Å². The smallest absolute Gasteiger partial charge is 0.257 e. The number of nitrogen functional groups attached to an aromatic ring is 1. The number of aliphatic hydroxyl groups excluding tert-OH is 2. The molecule has 2 atom stereocenters. The number of amides is 1. The highest BCUT2D eigenvalue weighted by Gasteiger charge is 2.39. The minimum Gasteiger partial charge on any atom is -0.392 e. The number of hydrogen-bond acceptors (Lipinski definition) is 8. The first kappa shape index (κ1) is 29.2. The standard InChI is InChI=1S/C18H20ClFN4O2.C6H13NO3S/c1-9(25)7-24-8-18(2,3)11-4-10(5-13(20)14(11)16(24)26)15-12(19)6-22-17(21)23-15;1-11(9,10)7-4-2-3-6(8)5-7/h4-6,9,25H,7-8H2,1-3H3,(H2,21,22,23);6,8H,2-5H2,1H3/t9-;/m0./s1. The maximum absolute atomic E-state index is 14.9. The van der Waals surface area contributed by atoms with Crippen LogP contribution >= 0.6 is 11.6 Å². The van der Waals surface area contributed by atoms with Crippen LogP contribution in [-0.2, 0) is 15.4 Å². The molecular formula is C24H33ClFN5O5S. The average Bonchev–Trinajstić information content (AvgIpc) is 2.78.